The summed E-state index contributed by atoms with van der Waals surface area (Å²) in [6, 6.07) is 0. The van der Waals surface area contributed by atoms with Crippen molar-refractivity contribution in [3.8, 4) is 0 Å². The molecule has 9 nitrogen and oxygen atoms in total. The van der Waals surface area contributed by atoms with Gasteiger partial charge in [-0.15, -0.1) is 0 Å². The molecule has 33 heavy (non-hydrogen) atoms. The van der Waals surface area contributed by atoms with Gasteiger partial charge in [-0.25, -0.2) is 0 Å². The van der Waals surface area contributed by atoms with E-state index < -0.39 is 60.1 Å². The lowest BCUT2D eigenvalue weighted by Gasteiger charge is -2.33. The molecule has 0 aliphatic carbocycles. The lowest BCUT2D eigenvalue weighted by molar-refractivity contribution is -0.333. The molecule has 0 aliphatic heterocycles. The molecule has 0 amide bonds. The standard InChI is InChI=1S/C24H34O9/c1-13(2)19(25)11-23(29,21(27)15(5)6)32-17(9)31-18(10)33-24(30,22(28)16(7)8)12-20(26)14(3)4/h17-18,29-30H,1,3,5,7,11-12H2,2,4,6,8-10H3. The maximum atomic E-state index is 12.4. The van der Waals surface area contributed by atoms with Gasteiger partial charge in [0.15, 0.2) is 24.1 Å². The highest BCUT2D eigenvalue weighted by atomic mass is 16.8. The van der Waals surface area contributed by atoms with E-state index >= 15 is 0 Å². The van der Waals surface area contributed by atoms with Crippen molar-refractivity contribution in [3.63, 3.8) is 0 Å². The van der Waals surface area contributed by atoms with E-state index in [0.717, 1.165) is 0 Å². The molecule has 0 heterocycles. The van der Waals surface area contributed by atoms with Crippen LogP contribution in [-0.4, -0.2) is 57.5 Å². The molecule has 0 aromatic carbocycles. The third kappa shape index (κ3) is 9.07. The lowest BCUT2D eigenvalue weighted by atomic mass is 9.97. The molecule has 0 rings (SSSR count). The zero-order chi connectivity index (χ0) is 26.3. The van der Waals surface area contributed by atoms with Gasteiger partial charge in [-0.3, -0.25) is 19.2 Å². The van der Waals surface area contributed by atoms with E-state index in [0.29, 0.717) is 0 Å². The Morgan fingerprint density at radius 1 is 0.667 bits per heavy atom. The van der Waals surface area contributed by atoms with Gasteiger partial charge in [-0.2, -0.15) is 0 Å². The first kappa shape index (κ1) is 30.4. The van der Waals surface area contributed by atoms with Crippen LogP contribution in [-0.2, 0) is 33.4 Å². The summed E-state index contributed by atoms with van der Waals surface area (Å²) in [6.45, 7) is 22.0. The highest BCUT2D eigenvalue weighted by molar-refractivity contribution is 6.05. The molecule has 0 spiro atoms. The van der Waals surface area contributed by atoms with Crippen LogP contribution in [0, 0.1) is 0 Å². The molecule has 0 aromatic heterocycles. The molecule has 4 atom stereocenters. The Bertz CT molecular complexity index is 799. The number of Topliss-reactive ketones (excluding diaryl/α,β-unsaturated/α-hetero) is 4. The predicted molar refractivity (Wildman–Crippen MR) is 121 cm³/mol. The second-order valence-electron chi connectivity index (χ2n) is 8.06. The Balaban J connectivity index is 5.63. The number of carbonyl (C=O) groups is 4. The second kappa shape index (κ2) is 12.1. The number of ether oxygens (including phenoxy) is 3. The lowest BCUT2D eigenvalue weighted by Crippen LogP contribution is -2.49. The zero-order valence-electron chi connectivity index (χ0n) is 20.1. The van der Waals surface area contributed by atoms with E-state index in [1.165, 1.54) is 41.5 Å². The number of carbonyl (C=O) groups excluding carboxylic acids is 4. The first-order chi connectivity index (χ1) is 14.9. The largest absolute Gasteiger partial charge is 0.359 e. The SMILES string of the molecule is C=C(C)C(=O)CC(O)(OC(C)OC(C)OC(O)(CC(=O)C(=C)C)C(=O)C(=C)C)C(=O)C(=C)C. The van der Waals surface area contributed by atoms with Crippen molar-refractivity contribution >= 4 is 23.1 Å². The molecule has 4 unspecified atom stereocenters. The molecular formula is C24H34O9. The first-order valence-electron chi connectivity index (χ1n) is 10.1. The fourth-order valence-electron chi connectivity index (χ4n) is 2.63. The van der Waals surface area contributed by atoms with Crippen molar-refractivity contribution in [3.05, 3.63) is 48.6 Å². The van der Waals surface area contributed by atoms with Crippen molar-refractivity contribution in [1.82, 2.24) is 0 Å². The Hall–Kier alpha value is -2.56. The van der Waals surface area contributed by atoms with Crippen LogP contribution in [0.15, 0.2) is 48.6 Å². The van der Waals surface area contributed by atoms with E-state index in [2.05, 4.69) is 26.3 Å². The molecule has 0 saturated carbocycles. The number of rotatable bonds is 16. The number of ketones is 4. The van der Waals surface area contributed by atoms with Crippen LogP contribution in [0.4, 0.5) is 0 Å². The molecule has 0 aliphatic rings. The number of hydrogen-bond donors (Lipinski definition) is 2. The van der Waals surface area contributed by atoms with Crippen molar-refractivity contribution in [2.75, 3.05) is 0 Å². The number of hydrogen-bond acceptors (Lipinski definition) is 9. The summed E-state index contributed by atoms with van der Waals surface area (Å²) in [7, 11) is 0. The first-order valence-corrected chi connectivity index (χ1v) is 10.1. The van der Waals surface area contributed by atoms with Crippen LogP contribution >= 0.6 is 0 Å². The van der Waals surface area contributed by atoms with E-state index in [1.807, 2.05) is 0 Å². The summed E-state index contributed by atoms with van der Waals surface area (Å²) >= 11 is 0. The van der Waals surface area contributed by atoms with E-state index in [-0.39, 0.29) is 22.3 Å². The van der Waals surface area contributed by atoms with Crippen molar-refractivity contribution in [1.29, 1.82) is 0 Å². The van der Waals surface area contributed by atoms with Crippen molar-refractivity contribution in [2.45, 2.75) is 78.5 Å². The van der Waals surface area contributed by atoms with Crippen molar-refractivity contribution in [2.24, 2.45) is 0 Å². The van der Waals surface area contributed by atoms with Gasteiger partial charge in [-0.05, 0) is 63.8 Å². The highest BCUT2D eigenvalue weighted by Gasteiger charge is 2.44. The van der Waals surface area contributed by atoms with Crippen molar-refractivity contribution < 1.29 is 43.6 Å². The van der Waals surface area contributed by atoms with E-state index in [4.69, 9.17) is 14.2 Å². The van der Waals surface area contributed by atoms with Crippen LogP contribution in [0.3, 0.4) is 0 Å². The quantitative estimate of drug-likeness (QED) is 0.260. The van der Waals surface area contributed by atoms with Gasteiger partial charge in [-0.1, -0.05) is 26.3 Å². The second-order valence-corrected chi connectivity index (χ2v) is 8.06. The minimum atomic E-state index is -2.60. The Morgan fingerprint density at radius 2 is 0.939 bits per heavy atom. The number of aliphatic hydroxyl groups is 2. The Kier molecular flexibility index (Phi) is 11.1. The van der Waals surface area contributed by atoms with Crippen LogP contribution in [0.5, 0.6) is 0 Å². The third-order valence-corrected chi connectivity index (χ3v) is 4.34. The van der Waals surface area contributed by atoms with Crippen LogP contribution in [0.25, 0.3) is 0 Å². The van der Waals surface area contributed by atoms with E-state index in [1.54, 1.807) is 0 Å². The molecule has 0 saturated heterocycles. The van der Waals surface area contributed by atoms with Gasteiger partial charge in [0.05, 0.1) is 12.8 Å². The van der Waals surface area contributed by atoms with Gasteiger partial charge in [0, 0.05) is 0 Å². The Labute approximate surface area is 194 Å². The summed E-state index contributed by atoms with van der Waals surface area (Å²) in [5.41, 5.74) is 0.0660. The summed E-state index contributed by atoms with van der Waals surface area (Å²) in [5.74, 6) is -8.32. The highest BCUT2D eigenvalue weighted by Crippen LogP contribution is 2.26. The van der Waals surface area contributed by atoms with Crippen LogP contribution in [0.2, 0.25) is 0 Å². The van der Waals surface area contributed by atoms with Gasteiger partial charge in [0.2, 0.25) is 23.1 Å². The molecule has 0 aromatic rings. The van der Waals surface area contributed by atoms with Gasteiger partial charge in [0.1, 0.15) is 0 Å². The molecule has 184 valence electrons. The third-order valence-electron chi connectivity index (χ3n) is 4.34. The normalized spacial score (nSPS) is 16.5. The monoisotopic (exact) mass is 466 g/mol. The number of allylic oxidation sites excluding steroid dienone is 2. The Morgan fingerprint density at radius 3 is 1.15 bits per heavy atom. The van der Waals surface area contributed by atoms with Gasteiger partial charge >= 0.3 is 0 Å². The molecule has 0 bridgehead atoms. The predicted octanol–water partition coefficient (Wildman–Crippen LogP) is 2.47. The van der Waals surface area contributed by atoms with Gasteiger partial charge in [0.25, 0.3) is 0 Å². The van der Waals surface area contributed by atoms with Crippen LogP contribution in [0.1, 0.15) is 54.4 Å². The smallest absolute Gasteiger partial charge is 0.240 e. The van der Waals surface area contributed by atoms with Gasteiger partial charge < -0.3 is 24.4 Å². The average molecular weight is 467 g/mol. The minimum absolute atomic E-state index is 0.0664. The fraction of sp³-hybridized carbons (Fsp3) is 0.500. The minimum Gasteiger partial charge on any atom is -0.359 e. The summed E-state index contributed by atoms with van der Waals surface area (Å²) in [6.07, 6.45) is -4.20. The molecular weight excluding hydrogens is 432 g/mol. The molecule has 2 N–H and O–H groups in total. The van der Waals surface area contributed by atoms with E-state index in [9.17, 15) is 29.4 Å². The summed E-state index contributed by atoms with van der Waals surface area (Å²) in [4.78, 5) is 49.0. The van der Waals surface area contributed by atoms with Crippen LogP contribution < -0.4 is 0 Å². The maximum absolute atomic E-state index is 12.4. The average Bonchev–Trinajstić information content (AvgIpc) is 2.65. The fourth-order valence-corrected chi connectivity index (χ4v) is 2.63. The molecule has 9 heteroatoms. The summed E-state index contributed by atoms with van der Waals surface area (Å²) in [5, 5.41) is 21.5. The topological polar surface area (TPSA) is 136 Å². The summed E-state index contributed by atoms with van der Waals surface area (Å²) < 4.78 is 16.0. The molecule has 0 fully saturated rings. The zero-order valence-corrected chi connectivity index (χ0v) is 20.1. The maximum Gasteiger partial charge on any atom is 0.240 e. The molecule has 0 radical (unpaired) electrons.